The summed E-state index contributed by atoms with van der Waals surface area (Å²) in [5, 5.41) is 0.585. The molecule has 82 valence electrons. The Kier molecular flexibility index (Phi) is 3.90. The van der Waals surface area contributed by atoms with E-state index in [0.29, 0.717) is 11.0 Å². The molecule has 0 saturated carbocycles. The van der Waals surface area contributed by atoms with Gasteiger partial charge in [0.15, 0.2) is 5.16 Å². The largest absolute Gasteiger partial charge is 0.416 e. The average Bonchev–Trinajstić information content (AvgIpc) is 2.21. The summed E-state index contributed by atoms with van der Waals surface area (Å²) in [4.78, 5) is 20.8. The van der Waals surface area contributed by atoms with Crippen LogP contribution >= 0.6 is 11.8 Å². The highest BCUT2D eigenvalue weighted by Crippen LogP contribution is 2.17. The molecule has 0 fully saturated rings. The third-order valence-electron chi connectivity index (χ3n) is 1.63. The van der Waals surface area contributed by atoms with Crippen molar-refractivity contribution < 1.29 is 9.53 Å². The summed E-state index contributed by atoms with van der Waals surface area (Å²) in [6.07, 6.45) is 3.06. The summed E-state index contributed by atoms with van der Waals surface area (Å²) in [7, 11) is 3.24. The van der Waals surface area contributed by atoms with Crippen molar-refractivity contribution in [2.75, 3.05) is 20.4 Å². The van der Waals surface area contributed by atoms with E-state index in [2.05, 4.69) is 9.97 Å². The van der Waals surface area contributed by atoms with Crippen LogP contribution in [0.15, 0.2) is 11.4 Å². The van der Waals surface area contributed by atoms with Crippen molar-refractivity contribution in [3.63, 3.8) is 0 Å². The zero-order valence-corrected chi connectivity index (χ0v) is 9.96. The number of hydrogen-bond acceptors (Lipinski definition) is 5. The molecular weight excluding hydrogens is 214 g/mol. The lowest BCUT2D eigenvalue weighted by Gasteiger charge is -2.11. The minimum atomic E-state index is -0.441. The van der Waals surface area contributed by atoms with Crippen LogP contribution in [0.3, 0.4) is 0 Å². The topological polar surface area (TPSA) is 55.3 Å². The van der Waals surface area contributed by atoms with Crippen molar-refractivity contribution >= 4 is 17.9 Å². The molecule has 0 spiro atoms. The van der Waals surface area contributed by atoms with E-state index < -0.39 is 6.09 Å². The zero-order valence-electron chi connectivity index (χ0n) is 9.14. The highest BCUT2D eigenvalue weighted by molar-refractivity contribution is 7.98. The first-order valence-electron chi connectivity index (χ1n) is 4.31. The van der Waals surface area contributed by atoms with Crippen molar-refractivity contribution in [3.05, 3.63) is 11.8 Å². The van der Waals surface area contributed by atoms with Gasteiger partial charge in [0.05, 0.1) is 0 Å². The molecule has 0 atom stereocenters. The predicted molar refractivity (Wildman–Crippen MR) is 58.3 cm³/mol. The van der Waals surface area contributed by atoms with E-state index in [4.69, 9.17) is 4.74 Å². The van der Waals surface area contributed by atoms with E-state index in [1.807, 2.05) is 6.26 Å². The Bertz CT molecular complexity index is 368. The lowest BCUT2D eigenvalue weighted by Crippen LogP contribution is -2.26. The second-order valence-electron chi connectivity index (χ2n) is 3.11. The van der Waals surface area contributed by atoms with Crippen LogP contribution in [0.1, 0.15) is 5.56 Å². The molecule has 6 heteroatoms. The van der Waals surface area contributed by atoms with Crippen LogP contribution in [0.2, 0.25) is 0 Å². The molecule has 0 aliphatic carbocycles. The van der Waals surface area contributed by atoms with E-state index in [1.54, 1.807) is 27.2 Å². The SMILES string of the molecule is CSc1ncc(C)c(OC(=O)N(C)C)n1. The van der Waals surface area contributed by atoms with Gasteiger partial charge in [0.25, 0.3) is 0 Å². The van der Waals surface area contributed by atoms with Gasteiger partial charge in [0, 0.05) is 25.9 Å². The first-order valence-corrected chi connectivity index (χ1v) is 5.54. The second-order valence-corrected chi connectivity index (χ2v) is 3.88. The van der Waals surface area contributed by atoms with Gasteiger partial charge >= 0.3 is 6.09 Å². The molecule has 15 heavy (non-hydrogen) atoms. The molecule has 0 aliphatic rings. The lowest BCUT2D eigenvalue weighted by molar-refractivity contribution is 0.169. The monoisotopic (exact) mass is 227 g/mol. The molecule has 1 aromatic heterocycles. The number of aryl methyl sites for hydroxylation is 1. The number of ether oxygens (including phenoxy) is 1. The van der Waals surface area contributed by atoms with Crippen molar-refractivity contribution in [1.29, 1.82) is 0 Å². The van der Waals surface area contributed by atoms with E-state index in [0.717, 1.165) is 5.56 Å². The average molecular weight is 227 g/mol. The zero-order chi connectivity index (χ0) is 11.4. The molecule has 0 radical (unpaired) electrons. The predicted octanol–water partition coefficient (Wildman–Crippen LogP) is 1.57. The van der Waals surface area contributed by atoms with Crippen LogP contribution in [0.25, 0.3) is 0 Å². The van der Waals surface area contributed by atoms with E-state index >= 15 is 0 Å². The van der Waals surface area contributed by atoms with Crippen molar-refractivity contribution in [3.8, 4) is 5.88 Å². The number of thioether (sulfide) groups is 1. The number of carbonyl (C=O) groups is 1. The molecule has 0 aliphatic heterocycles. The number of hydrogen-bond donors (Lipinski definition) is 0. The van der Waals surface area contributed by atoms with E-state index in [9.17, 15) is 4.79 Å². The fourth-order valence-electron chi connectivity index (χ4n) is 0.787. The summed E-state index contributed by atoms with van der Waals surface area (Å²) in [6, 6.07) is 0. The number of rotatable bonds is 2. The number of amides is 1. The molecule has 0 unspecified atom stereocenters. The number of aromatic nitrogens is 2. The van der Waals surface area contributed by atoms with Crippen LogP contribution in [0.4, 0.5) is 4.79 Å². The Morgan fingerprint density at radius 2 is 2.20 bits per heavy atom. The van der Waals surface area contributed by atoms with Crippen molar-refractivity contribution in [2.24, 2.45) is 0 Å². The van der Waals surface area contributed by atoms with E-state index in [1.165, 1.54) is 16.7 Å². The van der Waals surface area contributed by atoms with Gasteiger partial charge in [-0.2, -0.15) is 4.98 Å². The molecule has 0 saturated heterocycles. The normalized spacial score (nSPS) is 9.87. The Morgan fingerprint density at radius 3 is 2.73 bits per heavy atom. The maximum absolute atomic E-state index is 11.3. The molecule has 1 aromatic rings. The molecular formula is C9H13N3O2S. The quantitative estimate of drug-likeness (QED) is 0.567. The van der Waals surface area contributed by atoms with Crippen LogP contribution in [-0.2, 0) is 0 Å². The summed E-state index contributed by atoms with van der Waals surface area (Å²) in [5.74, 6) is 0.313. The summed E-state index contributed by atoms with van der Waals surface area (Å²) >= 11 is 1.40. The van der Waals surface area contributed by atoms with Crippen LogP contribution in [0.5, 0.6) is 5.88 Å². The third-order valence-corrected chi connectivity index (χ3v) is 2.20. The molecule has 0 bridgehead atoms. The number of carbonyl (C=O) groups excluding carboxylic acids is 1. The fraction of sp³-hybridized carbons (Fsp3) is 0.444. The van der Waals surface area contributed by atoms with Gasteiger partial charge < -0.3 is 9.64 Å². The minimum absolute atomic E-state index is 0.313. The molecule has 1 rings (SSSR count). The van der Waals surface area contributed by atoms with Crippen molar-refractivity contribution in [2.45, 2.75) is 12.1 Å². The first kappa shape index (κ1) is 11.8. The second kappa shape index (κ2) is 4.97. The smallest absolute Gasteiger partial charge is 0.391 e. The maximum atomic E-state index is 11.3. The standard InChI is InChI=1S/C9H13N3O2S/c1-6-5-10-8(15-4)11-7(6)14-9(13)12(2)3/h5H,1-4H3. The molecule has 0 aromatic carbocycles. The Balaban J connectivity index is 2.88. The molecule has 0 N–H and O–H groups in total. The number of nitrogens with zero attached hydrogens (tertiary/aromatic N) is 3. The van der Waals surface area contributed by atoms with Crippen molar-refractivity contribution in [1.82, 2.24) is 14.9 Å². The Labute approximate surface area is 92.9 Å². The van der Waals surface area contributed by atoms with Crippen LogP contribution < -0.4 is 4.74 Å². The van der Waals surface area contributed by atoms with Crippen LogP contribution in [-0.4, -0.2) is 41.3 Å². The van der Waals surface area contributed by atoms with Gasteiger partial charge in [0.1, 0.15) is 0 Å². The van der Waals surface area contributed by atoms with Gasteiger partial charge in [0.2, 0.25) is 5.88 Å². The summed E-state index contributed by atoms with van der Waals surface area (Å²) in [6.45, 7) is 1.79. The van der Waals surface area contributed by atoms with Gasteiger partial charge in [-0.1, -0.05) is 11.8 Å². The maximum Gasteiger partial charge on any atom is 0.416 e. The van der Waals surface area contributed by atoms with Gasteiger partial charge in [-0.15, -0.1) is 0 Å². The lowest BCUT2D eigenvalue weighted by atomic mass is 10.4. The molecule has 1 heterocycles. The Hall–Kier alpha value is -1.30. The Morgan fingerprint density at radius 1 is 1.53 bits per heavy atom. The molecule has 1 amide bonds. The molecule has 5 nitrogen and oxygen atoms in total. The van der Waals surface area contributed by atoms with Crippen LogP contribution in [0, 0.1) is 6.92 Å². The first-order chi connectivity index (χ1) is 7.04. The van der Waals surface area contributed by atoms with Gasteiger partial charge in [-0.05, 0) is 13.2 Å². The summed E-state index contributed by atoms with van der Waals surface area (Å²) in [5.41, 5.74) is 0.739. The fourth-order valence-corrected chi connectivity index (χ4v) is 1.12. The highest BCUT2D eigenvalue weighted by atomic mass is 32.2. The third kappa shape index (κ3) is 3.09. The summed E-state index contributed by atoms with van der Waals surface area (Å²) < 4.78 is 5.07. The van der Waals surface area contributed by atoms with E-state index in [-0.39, 0.29) is 0 Å². The van der Waals surface area contributed by atoms with Gasteiger partial charge in [-0.25, -0.2) is 9.78 Å². The van der Waals surface area contributed by atoms with Gasteiger partial charge in [-0.3, -0.25) is 0 Å². The minimum Gasteiger partial charge on any atom is -0.391 e. The highest BCUT2D eigenvalue weighted by Gasteiger charge is 2.11.